The molecule has 2 aromatic carbocycles. The second kappa shape index (κ2) is 10.3. The zero-order chi connectivity index (χ0) is 26.1. The number of ether oxygens (including phenoxy) is 1. The summed E-state index contributed by atoms with van der Waals surface area (Å²) in [6.07, 6.45) is 3.75. The van der Waals surface area contributed by atoms with Gasteiger partial charge in [-0.05, 0) is 73.9 Å². The Hall–Kier alpha value is -4.23. The summed E-state index contributed by atoms with van der Waals surface area (Å²) in [6.45, 7) is 9.40. The van der Waals surface area contributed by atoms with Gasteiger partial charge in [0.25, 0.3) is 0 Å². The smallest absolute Gasteiger partial charge is 0.134 e. The lowest BCUT2D eigenvalue weighted by atomic mass is 10.0. The summed E-state index contributed by atoms with van der Waals surface area (Å²) in [4.78, 5) is 16.4. The average molecular weight is 506 g/mol. The first-order valence-corrected chi connectivity index (χ1v) is 13.0. The number of rotatable bonds is 6. The zero-order valence-corrected chi connectivity index (χ0v) is 21.9. The van der Waals surface area contributed by atoms with Crippen LogP contribution in [-0.2, 0) is 4.74 Å². The summed E-state index contributed by atoms with van der Waals surface area (Å²) < 4.78 is 11.1. The molecule has 38 heavy (non-hydrogen) atoms. The fraction of sp³-hybridized carbons (Fsp3) is 0.258. The van der Waals surface area contributed by atoms with Crippen molar-refractivity contribution < 1.29 is 9.15 Å². The van der Waals surface area contributed by atoms with Gasteiger partial charge in [0.1, 0.15) is 23.0 Å². The van der Waals surface area contributed by atoms with Gasteiger partial charge >= 0.3 is 0 Å². The summed E-state index contributed by atoms with van der Waals surface area (Å²) in [6, 6.07) is 21.1. The first-order chi connectivity index (χ1) is 18.5. The van der Waals surface area contributed by atoms with Crippen LogP contribution in [0.25, 0.3) is 33.4 Å². The Kier molecular flexibility index (Phi) is 6.52. The van der Waals surface area contributed by atoms with Crippen LogP contribution in [0.15, 0.2) is 77.5 Å². The SMILES string of the molecule is Cc1nc(NC(C)c2cccc(-c3ccc(N4CCOCC4)nc3)c2)cc(-c2ccc3occ(C)c3c2)n1. The third-order valence-corrected chi connectivity index (χ3v) is 7.07. The summed E-state index contributed by atoms with van der Waals surface area (Å²) in [5.41, 5.74) is 7.34. The molecule has 5 aromatic rings. The van der Waals surface area contributed by atoms with Crippen molar-refractivity contribution in [3.8, 4) is 22.4 Å². The Balaban J connectivity index is 1.21. The highest BCUT2D eigenvalue weighted by molar-refractivity contribution is 5.85. The molecule has 1 saturated heterocycles. The van der Waals surface area contributed by atoms with Gasteiger partial charge < -0.3 is 19.4 Å². The summed E-state index contributed by atoms with van der Waals surface area (Å²) in [7, 11) is 0. The van der Waals surface area contributed by atoms with E-state index in [1.807, 2.05) is 31.3 Å². The van der Waals surface area contributed by atoms with Gasteiger partial charge in [-0.2, -0.15) is 0 Å². The number of aryl methyl sites for hydroxylation is 2. The number of benzene rings is 2. The van der Waals surface area contributed by atoms with Crippen molar-refractivity contribution in [2.24, 2.45) is 0 Å². The van der Waals surface area contributed by atoms with E-state index >= 15 is 0 Å². The molecule has 1 fully saturated rings. The van der Waals surface area contributed by atoms with Crippen molar-refractivity contribution >= 4 is 22.6 Å². The van der Waals surface area contributed by atoms with Crippen LogP contribution >= 0.6 is 0 Å². The molecule has 1 aliphatic heterocycles. The topological polar surface area (TPSA) is 76.3 Å². The van der Waals surface area contributed by atoms with Crippen molar-refractivity contribution in [1.82, 2.24) is 15.0 Å². The van der Waals surface area contributed by atoms with E-state index in [0.717, 1.165) is 82.7 Å². The van der Waals surface area contributed by atoms with Crippen LogP contribution < -0.4 is 10.2 Å². The summed E-state index contributed by atoms with van der Waals surface area (Å²) >= 11 is 0. The van der Waals surface area contributed by atoms with E-state index in [-0.39, 0.29) is 6.04 Å². The average Bonchev–Trinajstić information content (AvgIpc) is 3.33. The third kappa shape index (κ3) is 4.97. The van der Waals surface area contributed by atoms with Crippen molar-refractivity contribution in [2.75, 3.05) is 36.5 Å². The standard InChI is InChI=1S/C31H31N5O2/c1-20-19-38-29-9-7-25(16-27(20)29)28-17-30(35-22(3)34-28)33-21(2)23-5-4-6-24(15-23)26-8-10-31(32-18-26)36-11-13-37-14-12-36/h4-10,15-19,21H,11-14H2,1-3H3,(H,33,34,35). The summed E-state index contributed by atoms with van der Waals surface area (Å²) in [5.74, 6) is 2.52. The molecule has 192 valence electrons. The molecular formula is C31H31N5O2. The first-order valence-electron chi connectivity index (χ1n) is 13.0. The number of nitrogens with zero attached hydrogens (tertiary/aromatic N) is 4. The Morgan fingerprint density at radius 1 is 0.895 bits per heavy atom. The molecule has 1 aliphatic rings. The van der Waals surface area contributed by atoms with Crippen LogP contribution in [0.3, 0.4) is 0 Å². The highest BCUT2D eigenvalue weighted by Crippen LogP contribution is 2.30. The first kappa shape index (κ1) is 24.1. The van der Waals surface area contributed by atoms with Crippen LogP contribution in [0.4, 0.5) is 11.6 Å². The number of hydrogen-bond acceptors (Lipinski definition) is 7. The van der Waals surface area contributed by atoms with Gasteiger partial charge in [0.05, 0.1) is 25.2 Å². The van der Waals surface area contributed by atoms with Gasteiger partial charge in [-0.15, -0.1) is 0 Å². The minimum atomic E-state index is 0.0521. The van der Waals surface area contributed by atoms with Gasteiger partial charge in [0.15, 0.2) is 0 Å². The van der Waals surface area contributed by atoms with Gasteiger partial charge in [-0.25, -0.2) is 15.0 Å². The van der Waals surface area contributed by atoms with Crippen LogP contribution in [0.2, 0.25) is 0 Å². The second-order valence-electron chi connectivity index (χ2n) is 9.81. The number of morpholine rings is 1. The van der Waals surface area contributed by atoms with E-state index in [1.165, 1.54) is 5.56 Å². The fourth-order valence-electron chi connectivity index (χ4n) is 4.93. The van der Waals surface area contributed by atoms with E-state index in [4.69, 9.17) is 19.1 Å². The lowest BCUT2D eigenvalue weighted by Gasteiger charge is -2.27. The minimum absolute atomic E-state index is 0.0521. The number of furan rings is 1. The molecule has 0 amide bonds. The van der Waals surface area contributed by atoms with Crippen molar-refractivity contribution in [3.63, 3.8) is 0 Å². The molecule has 0 radical (unpaired) electrons. The van der Waals surface area contributed by atoms with Crippen molar-refractivity contribution in [1.29, 1.82) is 0 Å². The van der Waals surface area contributed by atoms with Gasteiger partial charge in [0.2, 0.25) is 0 Å². The molecule has 4 heterocycles. The maximum Gasteiger partial charge on any atom is 0.134 e. The van der Waals surface area contributed by atoms with E-state index < -0.39 is 0 Å². The van der Waals surface area contributed by atoms with Crippen LogP contribution in [0.1, 0.15) is 29.9 Å². The van der Waals surface area contributed by atoms with Crippen LogP contribution in [0.5, 0.6) is 0 Å². The van der Waals surface area contributed by atoms with E-state index in [1.54, 1.807) is 6.26 Å². The number of fused-ring (bicyclic) bond motifs is 1. The highest BCUT2D eigenvalue weighted by Gasteiger charge is 2.14. The van der Waals surface area contributed by atoms with Gasteiger partial charge in [0, 0.05) is 47.9 Å². The van der Waals surface area contributed by atoms with E-state index in [0.29, 0.717) is 0 Å². The summed E-state index contributed by atoms with van der Waals surface area (Å²) in [5, 5.41) is 4.68. The molecule has 6 rings (SSSR count). The van der Waals surface area contributed by atoms with Crippen LogP contribution in [-0.4, -0.2) is 41.3 Å². The maximum atomic E-state index is 5.61. The molecule has 1 N–H and O–H groups in total. The quantitative estimate of drug-likeness (QED) is 0.279. The Bertz CT molecular complexity index is 1570. The Morgan fingerprint density at radius 3 is 2.55 bits per heavy atom. The molecule has 0 spiro atoms. The molecule has 7 heteroatoms. The van der Waals surface area contributed by atoms with Crippen molar-refractivity contribution in [3.05, 3.63) is 90.1 Å². The maximum absolute atomic E-state index is 5.61. The van der Waals surface area contributed by atoms with Crippen molar-refractivity contribution in [2.45, 2.75) is 26.8 Å². The highest BCUT2D eigenvalue weighted by atomic mass is 16.5. The minimum Gasteiger partial charge on any atom is -0.464 e. The number of hydrogen-bond donors (Lipinski definition) is 1. The van der Waals surface area contributed by atoms with E-state index in [2.05, 4.69) is 71.5 Å². The lowest BCUT2D eigenvalue weighted by molar-refractivity contribution is 0.122. The Morgan fingerprint density at radius 2 is 1.74 bits per heavy atom. The largest absolute Gasteiger partial charge is 0.464 e. The molecule has 1 unspecified atom stereocenters. The predicted molar refractivity (Wildman–Crippen MR) is 151 cm³/mol. The number of nitrogens with one attached hydrogen (secondary N) is 1. The van der Waals surface area contributed by atoms with Crippen LogP contribution in [0, 0.1) is 13.8 Å². The number of pyridine rings is 1. The molecular weight excluding hydrogens is 474 g/mol. The number of aromatic nitrogens is 3. The Labute approximate surface area is 222 Å². The molecule has 1 atom stereocenters. The van der Waals surface area contributed by atoms with Gasteiger partial charge in [-0.3, -0.25) is 0 Å². The molecule has 0 saturated carbocycles. The third-order valence-electron chi connectivity index (χ3n) is 7.07. The molecule has 3 aromatic heterocycles. The van der Waals surface area contributed by atoms with Gasteiger partial charge in [-0.1, -0.05) is 18.2 Å². The lowest BCUT2D eigenvalue weighted by Crippen LogP contribution is -2.36. The monoisotopic (exact) mass is 505 g/mol. The molecule has 0 bridgehead atoms. The second-order valence-corrected chi connectivity index (χ2v) is 9.81. The normalized spacial score (nSPS) is 14.6. The number of anilines is 2. The fourth-order valence-corrected chi connectivity index (χ4v) is 4.93. The zero-order valence-electron chi connectivity index (χ0n) is 21.9. The molecule has 7 nitrogen and oxygen atoms in total. The predicted octanol–water partition coefficient (Wildman–Crippen LogP) is 6.58. The molecule has 0 aliphatic carbocycles. The van der Waals surface area contributed by atoms with E-state index in [9.17, 15) is 0 Å².